The lowest BCUT2D eigenvalue weighted by Crippen LogP contribution is -1.94. The fourth-order valence-corrected chi connectivity index (χ4v) is 0.923. The Balaban J connectivity index is 2.83. The highest BCUT2D eigenvalue weighted by molar-refractivity contribution is 5.39. The fourth-order valence-electron chi connectivity index (χ4n) is 0.923. The monoisotopic (exact) mass is 187 g/mol. The van der Waals surface area contributed by atoms with Gasteiger partial charge in [0, 0.05) is 6.07 Å². The first-order valence-electron chi connectivity index (χ1n) is 3.61. The minimum atomic E-state index is -0.932. The third-order valence-corrected chi connectivity index (χ3v) is 1.38. The molecular weight excluding hydrogens is 178 g/mol. The van der Waals surface area contributed by atoms with Crippen molar-refractivity contribution < 1.29 is 18.3 Å². The maximum atomic E-state index is 11.8. The van der Waals surface area contributed by atoms with Crippen LogP contribution in [-0.4, -0.2) is 13.7 Å². The molecule has 1 aromatic carbocycles. The lowest BCUT2D eigenvalue weighted by atomic mass is 10.2. The first-order chi connectivity index (χ1) is 6.26. The Morgan fingerprint density at radius 2 is 1.46 bits per heavy atom. The zero-order valence-corrected chi connectivity index (χ0v) is 6.93. The van der Waals surface area contributed by atoms with Gasteiger partial charge in [-0.3, -0.25) is 0 Å². The van der Waals surface area contributed by atoms with E-state index in [4.69, 9.17) is 0 Å². The summed E-state index contributed by atoms with van der Waals surface area (Å²) >= 11 is 0. The van der Waals surface area contributed by atoms with Crippen LogP contribution in [0.5, 0.6) is 11.5 Å². The molecule has 0 aliphatic carbocycles. The van der Waals surface area contributed by atoms with E-state index in [-0.39, 0.29) is 11.5 Å². The van der Waals surface area contributed by atoms with Crippen molar-refractivity contribution in [3.05, 3.63) is 30.7 Å². The maximum absolute atomic E-state index is 11.8. The van der Waals surface area contributed by atoms with Crippen LogP contribution in [0.3, 0.4) is 0 Å². The summed E-state index contributed by atoms with van der Waals surface area (Å²) in [5, 5.41) is 0. The third kappa shape index (κ3) is 2.89. The van der Waals surface area contributed by atoms with Gasteiger partial charge in [-0.05, 0) is 24.6 Å². The van der Waals surface area contributed by atoms with E-state index in [0.717, 1.165) is 0 Å². The van der Waals surface area contributed by atoms with Crippen molar-refractivity contribution in [1.82, 2.24) is 0 Å². The summed E-state index contributed by atoms with van der Waals surface area (Å²) in [7, 11) is 0. The van der Waals surface area contributed by atoms with Gasteiger partial charge < -0.3 is 9.47 Å². The molecule has 0 unspecified atom stereocenters. The number of ether oxygens (including phenoxy) is 2. The summed E-state index contributed by atoms with van der Waals surface area (Å²) in [5.41, 5.74) is 0.578. The number of rotatable bonds is 4. The van der Waals surface area contributed by atoms with Crippen LogP contribution in [0.15, 0.2) is 18.2 Å². The van der Waals surface area contributed by atoms with Gasteiger partial charge in [0.1, 0.15) is 11.5 Å². The molecule has 0 heterocycles. The first-order valence-corrected chi connectivity index (χ1v) is 3.61. The average molecular weight is 187 g/mol. The van der Waals surface area contributed by atoms with E-state index < -0.39 is 13.7 Å². The number of alkyl halides is 2. The molecule has 13 heavy (non-hydrogen) atoms. The number of hydrogen-bond donors (Lipinski definition) is 0. The van der Waals surface area contributed by atoms with Gasteiger partial charge in [0.15, 0.2) is 0 Å². The van der Waals surface area contributed by atoms with E-state index in [1.165, 1.54) is 18.2 Å². The molecule has 0 fully saturated rings. The van der Waals surface area contributed by atoms with Gasteiger partial charge in [0.2, 0.25) is 13.7 Å². The zero-order chi connectivity index (χ0) is 9.68. The summed E-state index contributed by atoms with van der Waals surface area (Å²) in [6.45, 7) is 1.74. The Kier molecular flexibility index (Phi) is 3.49. The first kappa shape index (κ1) is 9.77. The quantitative estimate of drug-likeness (QED) is 0.720. The predicted octanol–water partition coefficient (Wildman–Crippen LogP) is 2.48. The predicted molar refractivity (Wildman–Crippen MR) is 44.1 cm³/mol. The summed E-state index contributed by atoms with van der Waals surface area (Å²) in [4.78, 5) is 0. The Labute approximate surface area is 75.1 Å². The average Bonchev–Trinajstić information content (AvgIpc) is 2.04. The second-order valence-corrected chi connectivity index (χ2v) is 2.32. The molecule has 71 valence electrons. The van der Waals surface area contributed by atoms with Crippen LogP contribution in [0.25, 0.3) is 0 Å². The Bertz CT molecular complexity index is 252. The fraction of sp³-hybridized carbons (Fsp3) is 0.222. The molecule has 0 aliphatic heterocycles. The molecule has 0 bridgehead atoms. The van der Waals surface area contributed by atoms with Gasteiger partial charge in [-0.15, -0.1) is 0 Å². The molecule has 0 aromatic heterocycles. The highest BCUT2D eigenvalue weighted by Crippen LogP contribution is 2.22. The minimum Gasteiger partial charge on any atom is -0.463 e. The molecule has 0 amide bonds. The molecule has 1 radical (unpaired) electrons. The van der Waals surface area contributed by atoms with Crippen LogP contribution < -0.4 is 9.47 Å². The lowest BCUT2D eigenvalue weighted by Gasteiger charge is -2.06. The molecule has 0 saturated carbocycles. The largest absolute Gasteiger partial charge is 0.463 e. The molecular formula is C9H9F2O2. The van der Waals surface area contributed by atoms with Crippen molar-refractivity contribution in [1.29, 1.82) is 0 Å². The minimum absolute atomic E-state index is 0.276. The highest BCUT2D eigenvalue weighted by atomic mass is 19.1. The van der Waals surface area contributed by atoms with Gasteiger partial charge in [0.05, 0.1) is 0 Å². The maximum Gasteiger partial charge on any atom is 0.228 e. The normalized spacial score (nSPS) is 9.77. The molecule has 1 rings (SSSR count). The van der Waals surface area contributed by atoms with Crippen molar-refractivity contribution in [3.63, 3.8) is 0 Å². The standard InChI is InChI=1S/C9H9F2O2/c1-7-2-8(12-5-10)4-9(3-7)13-6-11/h2-4H,1,5-6H2. The van der Waals surface area contributed by atoms with Crippen LogP contribution in [-0.2, 0) is 0 Å². The van der Waals surface area contributed by atoms with Crippen molar-refractivity contribution in [3.8, 4) is 11.5 Å². The zero-order valence-electron chi connectivity index (χ0n) is 6.93. The van der Waals surface area contributed by atoms with E-state index >= 15 is 0 Å². The van der Waals surface area contributed by atoms with Gasteiger partial charge in [-0.25, -0.2) is 8.78 Å². The number of hydrogen-bond acceptors (Lipinski definition) is 2. The van der Waals surface area contributed by atoms with Crippen LogP contribution >= 0.6 is 0 Å². The smallest absolute Gasteiger partial charge is 0.228 e. The summed E-state index contributed by atoms with van der Waals surface area (Å²) in [6.07, 6.45) is 0. The molecule has 2 nitrogen and oxygen atoms in total. The summed E-state index contributed by atoms with van der Waals surface area (Å²) < 4.78 is 32.7. The van der Waals surface area contributed by atoms with Crippen molar-refractivity contribution in [2.24, 2.45) is 0 Å². The van der Waals surface area contributed by atoms with Gasteiger partial charge in [0.25, 0.3) is 0 Å². The van der Waals surface area contributed by atoms with E-state index in [0.29, 0.717) is 5.56 Å². The molecule has 0 atom stereocenters. The SMILES string of the molecule is [CH2]c1cc(OCF)cc(OCF)c1. The van der Waals surface area contributed by atoms with Gasteiger partial charge >= 0.3 is 0 Å². The van der Waals surface area contributed by atoms with E-state index in [9.17, 15) is 8.78 Å². The Morgan fingerprint density at radius 1 is 1.00 bits per heavy atom. The van der Waals surface area contributed by atoms with Gasteiger partial charge in [-0.2, -0.15) is 0 Å². The Hall–Kier alpha value is -1.32. The molecule has 0 spiro atoms. The van der Waals surface area contributed by atoms with Crippen LogP contribution in [0.1, 0.15) is 5.56 Å². The second kappa shape index (κ2) is 4.64. The van der Waals surface area contributed by atoms with Crippen LogP contribution in [0, 0.1) is 6.92 Å². The molecule has 1 aromatic rings. The van der Waals surface area contributed by atoms with Crippen molar-refractivity contribution in [2.45, 2.75) is 0 Å². The number of halogens is 2. The molecule has 0 saturated heterocycles. The third-order valence-electron chi connectivity index (χ3n) is 1.38. The second-order valence-electron chi connectivity index (χ2n) is 2.32. The Morgan fingerprint density at radius 3 is 1.85 bits per heavy atom. The molecule has 4 heteroatoms. The lowest BCUT2D eigenvalue weighted by molar-refractivity contribution is 0.182. The van der Waals surface area contributed by atoms with Crippen molar-refractivity contribution in [2.75, 3.05) is 13.7 Å². The molecule has 0 N–H and O–H groups in total. The van der Waals surface area contributed by atoms with E-state index in [1.807, 2.05) is 0 Å². The van der Waals surface area contributed by atoms with Crippen LogP contribution in [0.4, 0.5) is 8.78 Å². The summed E-state index contributed by atoms with van der Waals surface area (Å²) in [5.74, 6) is 0.553. The van der Waals surface area contributed by atoms with E-state index in [1.54, 1.807) is 0 Å². The van der Waals surface area contributed by atoms with E-state index in [2.05, 4.69) is 16.4 Å². The highest BCUT2D eigenvalue weighted by Gasteiger charge is 2.00. The molecule has 0 aliphatic rings. The summed E-state index contributed by atoms with van der Waals surface area (Å²) in [6, 6.07) is 4.46. The van der Waals surface area contributed by atoms with Crippen molar-refractivity contribution >= 4 is 0 Å². The van der Waals surface area contributed by atoms with Gasteiger partial charge in [-0.1, -0.05) is 0 Å². The topological polar surface area (TPSA) is 18.5 Å². The number of benzene rings is 1. The van der Waals surface area contributed by atoms with Crippen LogP contribution in [0.2, 0.25) is 0 Å².